The van der Waals surface area contributed by atoms with E-state index < -0.39 is 5.54 Å². The maximum atomic E-state index is 12.4. The highest BCUT2D eigenvalue weighted by molar-refractivity contribution is 6.30. The van der Waals surface area contributed by atoms with Crippen LogP contribution >= 0.6 is 11.6 Å². The van der Waals surface area contributed by atoms with Crippen LogP contribution in [-0.4, -0.2) is 32.9 Å². The average molecular weight is 320 g/mol. The molecule has 2 N–H and O–H groups in total. The maximum Gasteiger partial charge on any atom is 0.254 e. The first-order valence-electron chi connectivity index (χ1n) is 7.36. The standard InChI is InChI=1S/C16H18ClN3O2/c17-13-3-5-14(6-4-13)20-10-12(9-18-20)15(22)19-16(11-21)7-1-2-8-16/h3-6,9-10,21H,1-2,7-8,11H2,(H,19,22). The molecule has 0 saturated heterocycles. The molecule has 1 aromatic carbocycles. The summed E-state index contributed by atoms with van der Waals surface area (Å²) < 4.78 is 1.63. The summed E-state index contributed by atoms with van der Waals surface area (Å²) in [6.07, 6.45) is 6.92. The predicted octanol–water partition coefficient (Wildman–Crippen LogP) is 2.56. The van der Waals surface area contributed by atoms with Gasteiger partial charge in [-0.05, 0) is 37.1 Å². The molecule has 3 rings (SSSR count). The lowest BCUT2D eigenvalue weighted by molar-refractivity contribution is 0.0838. The van der Waals surface area contributed by atoms with E-state index in [0.29, 0.717) is 10.6 Å². The molecule has 1 saturated carbocycles. The van der Waals surface area contributed by atoms with Crippen molar-refractivity contribution < 1.29 is 9.90 Å². The van der Waals surface area contributed by atoms with Gasteiger partial charge in [0.25, 0.3) is 5.91 Å². The van der Waals surface area contributed by atoms with Crippen molar-refractivity contribution >= 4 is 17.5 Å². The van der Waals surface area contributed by atoms with E-state index in [1.807, 2.05) is 12.1 Å². The highest BCUT2D eigenvalue weighted by Crippen LogP contribution is 2.29. The maximum absolute atomic E-state index is 12.4. The molecule has 0 radical (unpaired) electrons. The Morgan fingerprint density at radius 2 is 2.00 bits per heavy atom. The molecule has 1 heterocycles. The Balaban J connectivity index is 1.75. The molecular formula is C16H18ClN3O2. The fourth-order valence-electron chi connectivity index (χ4n) is 2.86. The zero-order valence-corrected chi connectivity index (χ0v) is 12.9. The number of nitrogens with zero attached hydrogens (tertiary/aromatic N) is 2. The van der Waals surface area contributed by atoms with Crippen molar-refractivity contribution in [3.8, 4) is 5.69 Å². The summed E-state index contributed by atoms with van der Waals surface area (Å²) in [4.78, 5) is 12.4. The molecule has 0 bridgehead atoms. The third-order valence-corrected chi connectivity index (χ3v) is 4.43. The molecular weight excluding hydrogens is 302 g/mol. The van der Waals surface area contributed by atoms with Gasteiger partial charge in [0.15, 0.2) is 0 Å². The number of amides is 1. The van der Waals surface area contributed by atoms with Gasteiger partial charge < -0.3 is 10.4 Å². The van der Waals surface area contributed by atoms with E-state index in [-0.39, 0.29) is 12.5 Å². The number of hydrogen-bond donors (Lipinski definition) is 2. The lowest BCUT2D eigenvalue weighted by atomic mass is 9.98. The van der Waals surface area contributed by atoms with E-state index >= 15 is 0 Å². The summed E-state index contributed by atoms with van der Waals surface area (Å²) in [7, 11) is 0. The van der Waals surface area contributed by atoms with Crippen LogP contribution in [0.5, 0.6) is 0 Å². The summed E-state index contributed by atoms with van der Waals surface area (Å²) >= 11 is 5.86. The first kappa shape index (κ1) is 15.1. The molecule has 0 unspecified atom stereocenters. The largest absolute Gasteiger partial charge is 0.394 e. The fraction of sp³-hybridized carbons (Fsp3) is 0.375. The highest BCUT2D eigenvalue weighted by atomic mass is 35.5. The number of benzene rings is 1. The number of halogens is 1. The lowest BCUT2D eigenvalue weighted by Gasteiger charge is -2.27. The number of hydrogen-bond acceptors (Lipinski definition) is 3. The third kappa shape index (κ3) is 3.00. The first-order chi connectivity index (χ1) is 10.6. The van der Waals surface area contributed by atoms with Gasteiger partial charge in [0.1, 0.15) is 0 Å². The van der Waals surface area contributed by atoms with Gasteiger partial charge in [-0.2, -0.15) is 5.10 Å². The number of aliphatic hydroxyl groups is 1. The Bertz CT molecular complexity index is 660. The summed E-state index contributed by atoms with van der Waals surface area (Å²) in [6, 6.07) is 7.22. The zero-order chi connectivity index (χ0) is 15.6. The molecule has 1 fully saturated rings. The number of carbonyl (C=O) groups is 1. The molecule has 6 heteroatoms. The van der Waals surface area contributed by atoms with Crippen molar-refractivity contribution in [3.05, 3.63) is 47.2 Å². The molecule has 1 aliphatic rings. The van der Waals surface area contributed by atoms with E-state index in [9.17, 15) is 9.90 Å². The Morgan fingerprint density at radius 1 is 1.32 bits per heavy atom. The van der Waals surface area contributed by atoms with Crippen LogP contribution in [-0.2, 0) is 0 Å². The number of aromatic nitrogens is 2. The van der Waals surface area contributed by atoms with Gasteiger partial charge in [-0.1, -0.05) is 24.4 Å². The van der Waals surface area contributed by atoms with Crippen LogP contribution in [0, 0.1) is 0 Å². The van der Waals surface area contributed by atoms with Crippen LogP contribution in [0.1, 0.15) is 36.0 Å². The quantitative estimate of drug-likeness (QED) is 0.910. The van der Waals surface area contributed by atoms with Gasteiger partial charge in [-0.3, -0.25) is 4.79 Å². The Labute approximate surface area is 133 Å². The Morgan fingerprint density at radius 3 is 2.64 bits per heavy atom. The second-order valence-corrected chi connectivity index (χ2v) is 6.19. The van der Waals surface area contributed by atoms with Crippen LogP contribution in [0.15, 0.2) is 36.7 Å². The van der Waals surface area contributed by atoms with Crippen molar-refractivity contribution in [2.45, 2.75) is 31.2 Å². The number of rotatable bonds is 4. The van der Waals surface area contributed by atoms with Gasteiger partial charge in [0, 0.05) is 11.2 Å². The van der Waals surface area contributed by atoms with Crippen molar-refractivity contribution in [1.82, 2.24) is 15.1 Å². The first-order valence-corrected chi connectivity index (χ1v) is 7.74. The normalized spacial score (nSPS) is 16.6. The minimum Gasteiger partial charge on any atom is -0.394 e. The summed E-state index contributed by atoms with van der Waals surface area (Å²) in [5.74, 6) is -0.198. The molecule has 0 atom stereocenters. The Kier molecular flexibility index (Phi) is 4.18. The number of nitrogens with one attached hydrogen (secondary N) is 1. The van der Waals surface area contributed by atoms with Crippen LogP contribution in [0.25, 0.3) is 5.69 Å². The molecule has 1 amide bonds. The van der Waals surface area contributed by atoms with Crippen LogP contribution in [0.2, 0.25) is 5.02 Å². The predicted molar refractivity (Wildman–Crippen MR) is 84.3 cm³/mol. The van der Waals surface area contributed by atoms with E-state index in [0.717, 1.165) is 31.4 Å². The van der Waals surface area contributed by atoms with E-state index in [1.165, 1.54) is 6.20 Å². The van der Waals surface area contributed by atoms with Gasteiger partial charge in [0.05, 0.1) is 29.6 Å². The molecule has 5 nitrogen and oxygen atoms in total. The number of aliphatic hydroxyl groups excluding tert-OH is 1. The molecule has 22 heavy (non-hydrogen) atoms. The number of carbonyl (C=O) groups excluding carboxylic acids is 1. The average Bonchev–Trinajstić information content (AvgIpc) is 3.18. The van der Waals surface area contributed by atoms with Gasteiger partial charge in [0.2, 0.25) is 0 Å². The van der Waals surface area contributed by atoms with Crippen molar-refractivity contribution in [2.24, 2.45) is 0 Å². The third-order valence-electron chi connectivity index (χ3n) is 4.18. The fourth-order valence-corrected chi connectivity index (χ4v) is 2.99. The zero-order valence-electron chi connectivity index (χ0n) is 12.1. The van der Waals surface area contributed by atoms with Gasteiger partial charge in [-0.25, -0.2) is 4.68 Å². The molecule has 0 aliphatic heterocycles. The summed E-state index contributed by atoms with van der Waals surface area (Å²) in [5, 5.41) is 17.4. The minimum absolute atomic E-state index is 0.0237. The molecule has 116 valence electrons. The van der Waals surface area contributed by atoms with Crippen molar-refractivity contribution in [1.29, 1.82) is 0 Å². The van der Waals surface area contributed by atoms with E-state index in [1.54, 1.807) is 23.0 Å². The molecule has 2 aromatic rings. The second kappa shape index (κ2) is 6.10. The monoisotopic (exact) mass is 319 g/mol. The van der Waals surface area contributed by atoms with Crippen LogP contribution in [0.4, 0.5) is 0 Å². The summed E-state index contributed by atoms with van der Waals surface area (Å²) in [5.41, 5.74) is 0.843. The van der Waals surface area contributed by atoms with Crippen molar-refractivity contribution in [2.75, 3.05) is 6.61 Å². The van der Waals surface area contributed by atoms with Gasteiger partial charge >= 0.3 is 0 Å². The van der Waals surface area contributed by atoms with Crippen molar-refractivity contribution in [3.63, 3.8) is 0 Å². The minimum atomic E-state index is -0.473. The molecule has 1 aromatic heterocycles. The summed E-state index contributed by atoms with van der Waals surface area (Å²) in [6.45, 7) is -0.0237. The van der Waals surface area contributed by atoms with E-state index in [4.69, 9.17) is 11.6 Å². The highest BCUT2D eigenvalue weighted by Gasteiger charge is 2.35. The molecule has 1 aliphatic carbocycles. The van der Waals surface area contributed by atoms with Gasteiger partial charge in [-0.15, -0.1) is 0 Å². The topological polar surface area (TPSA) is 67.2 Å². The van der Waals surface area contributed by atoms with Crippen LogP contribution in [0.3, 0.4) is 0 Å². The van der Waals surface area contributed by atoms with E-state index in [2.05, 4.69) is 10.4 Å². The van der Waals surface area contributed by atoms with Crippen LogP contribution < -0.4 is 5.32 Å². The lowest BCUT2D eigenvalue weighted by Crippen LogP contribution is -2.49. The Hall–Kier alpha value is -1.85. The second-order valence-electron chi connectivity index (χ2n) is 5.75. The molecule has 0 spiro atoms. The SMILES string of the molecule is O=C(NC1(CO)CCCC1)c1cnn(-c2ccc(Cl)cc2)c1. The smallest absolute Gasteiger partial charge is 0.254 e.